The molecular formula is C13H10F3IN2O. The summed E-state index contributed by atoms with van der Waals surface area (Å²) in [6.07, 6.45) is -1.60. The normalized spacial score (nSPS) is 14.4. The molecule has 1 heterocycles. The minimum absolute atomic E-state index is 0.222. The van der Waals surface area contributed by atoms with Crippen LogP contribution >= 0.6 is 22.6 Å². The fourth-order valence-electron chi connectivity index (χ4n) is 2.39. The number of hydrogen-bond donors (Lipinski definition) is 0. The highest BCUT2D eigenvalue weighted by Crippen LogP contribution is 2.29. The molecule has 0 N–H and O–H groups in total. The molecule has 1 aliphatic rings. The molecule has 0 saturated heterocycles. The van der Waals surface area contributed by atoms with E-state index in [9.17, 15) is 13.2 Å². The third kappa shape index (κ3) is 2.63. The predicted molar refractivity (Wildman–Crippen MR) is 75.0 cm³/mol. The SMILES string of the molecule is FC(F)(F)Oc1ccc(-n2nc(I)c3c2CCC3)cc1. The van der Waals surface area contributed by atoms with E-state index in [-0.39, 0.29) is 5.75 Å². The van der Waals surface area contributed by atoms with Crippen molar-refractivity contribution in [3.8, 4) is 11.4 Å². The molecule has 0 spiro atoms. The third-order valence-corrected chi connectivity index (χ3v) is 4.06. The summed E-state index contributed by atoms with van der Waals surface area (Å²) in [7, 11) is 0. The van der Waals surface area contributed by atoms with Crippen LogP contribution in [0, 0.1) is 3.70 Å². The lowest BCUT2D eigenvalue weighted by Crippen LogP contribution is -2.17. The molecule has 0 radical (unpaired) electrons. The van der Waals surface area contributed by atoms with Gasteiger partial charge in [-0.15, -0.1) is 13.2 Å². The van der Waals surface area contributed by atoms with Crippen LogP contribution in [0.4, 0.5) is 13.2 Å². The number of hydrogen-bond acceptors (Lipinski definition) is 2. The summed E-state index contributed by atoms with van der Waals surface area (Å²) in [5.41, 5.74) is 3.15. The summed E-state index contributed by atoms with van der Waals surface area (Å²) >= 11 is 2.19. The molecule has 0 atom stereocenters. The fraction of sp³-hybridized carbons (Fsp3) is 0.308. The standard InChI is InChI=1S/C13H10F3IN2O/c14-13(15,16)20-9-6-4-8(5-7-9)19-11-3-1-2-10(11)12(17)18-19/h4-7H,1-3H2. The Morgan fingerprint density at radius 3 is 2.50 bits per heavy atom. The first kappa shape index (κ1) is 13.7. The molecular weight excluding hydrogens is 384 g/mol. The van der Waals surface area contributed by atoms with E-state index in [1.54, 1.807) is 12.1 Å². The highest BCUT2D eigenvalue weighted by molar-refractivity contribution is 14.1. The van der Waals surface area contributed by atoms with Crippen molar-refractivity contribution in [2.75, 3.05) is 0 Å². The van der Waals surface area contributed by atoms with Gasteiger partial charge in [0.05, 0.1) is 5.69 Å². The van der Waals surface area contributed by atoms with Gasteiger partial charge in [-0.25, -0.2) is 4.68 Å². The van der Waals surface area contributed by atoms with Gasteiger partial charge in [-0.2, -0.15) is 5.10 Å². The lowest BCUT2D eigenvalue weighted by Gasteiger charge is -2.10. The molecule has 1 aromatic carbocycles. The predicted octanol–water partition coefficient (Wildman–Crippen LogP) is 3.86. The van der Waals surface area contributed by atoms with E-state index in [1.807, 2.05) is 4.68 Å². The molecule has 0 fully saturated rings. The van der Waals surface area contributed by atoms with Gasteiger partial charge in [0.25, 0.3) is 0 Å². The molecule has 20 heavy (non-hydrogen) atoms. The van der Waals surface area contributed by atoms with Crippen LogP contribution in [-0.2, 0) is 12.8 Å². The number of benzene rings is 1. The lowest BCUT2D eigenvalue weighted by atomic mass is 10.2. The Morgan fingerprint density at radius 2 is 1.85 bits per heavy atom. The zero-order chi connectivity index (χ0) is 14.3. The van der Waals surface area contributed by atoms with Gasteiger partial charge in [0, 0.05) is 11.3 Å². The van der Waals surface area contributed by atoms with Crippen molar-refractivity contribution < 1.29 is 17.9 Å². The summed E-state index contributed by atoms with van der Waals surface area (Å²) < 4.78 is 43.0. The second-order valence-electron chi connectivity index (χ2n) is 4.52. The van der Waals surface area contributed by atoms with Gasteiger partial charge < -0.3 is 4.74 Å². The molecule has 0 bridgehead atoms. The molecule has 1 aromatic heterocycles. The number of alkyl halides is 3. The van der Waals surface area contributed by atoms with Crippen LogP contribution in [0.1, 0.15) is 17.7 Å². The van der Waals surface area contributed by atoms with Crippen molar-refractivity contribution in [2.24, 2.45) is 0 Å². The molecule has 106 valence electrons. The quantitative estimate of drug-likeness (QED) is 0.724. The van der Waals surface area contributed by atoms with Gasteiger partial charge in [0.1, 0.15) is 9.45 Å². The van der Waals surface area contributed by atoms with Gasteiger partial charge in [0.15, 0.2) is 0 Å². The summed E-state index contributed by atoms with van der Waals surface area (Å²) in [4.78, 5) is 0. The Labute approximate surface area is 126 Å². The van der Waals surface area contributed by atoms with E-state index in [1.165, 1.54) is 17.7 Å². The van der Waals surface area contributed by atoms with E-state index in [0.29, 0.717) is 0 Å². The zero-order valence-electron chi connectivity index (χ0n) is 10.2. The van der Waals surface area contributed by atoms with E-state index in [4.69, 9.17) is 0 Å². The first-order valence-electron chi connectivity index (χ1n) is 6.06. The van der Waals surface area contributed by atoms with Crippen LogP contribution in [0.3, 0.4) is 0 Å². The molecule has 0 amide bonds. The van der Waals surface area contributed by atoms with Gasteiger partial charge >= 0.3 is 6.36 Å². The molecule has 1 aliphatic carbocycles. The second kappa shape index (κ2) is 4.94. The Hall–Kier alpha value is -1.25. The summed E-state index contributed by atoms with van der Waals surface area (Å²) in [6.45, 7) is 0. The van der Waals surface area contributed by atoms with Gasteiger partial charge in [-0.05, 0) is 66.1 Å². The number of fused-ring (bicyclic) bond motifs is 1. The van der Waals surface area contributed by atoms with E-state index in [0.717, 1.165) is 34.3 Å². The van der Waals surface area contributed by atoms with Gasteiger partial charge in [-0.1, -0.05) is 0 Å². The van der Waals surface area contributed by atoms with Crippen molar-refractivity contribution in [1.29, 1.82) is 0 Å². The molecule has 2 aromatic rings. The number of ether oxygens (including phenoxy) is 1. The van der Waals surface area contributed by atoms with Crippen molar-refractivity contribution in [2.45, 2.75) is 25.6 Å². The molecule has 0 unspecified atom stereocenters. The zero-order valence-corrected chi connectivity index (χ0v) is 12.4. The van der Waals surface area contributed by atoms with Crippen molar-refractivity contribution in [1.82, 2.24) is 9.78 Å². The third-order valence-electron chi connectivity index (χ3n) is 3.20. The first-order valence-corrected chi connectivity index (χ1v) is 7.14. The maximum atomic E-state index is 12.1. The van der Waals surface area contributed by atoms with Gasteiger partial charge in [-0.3, -0.25) is 0 Å². The number of halogens is 4. The Balaban J connectivity index is 1.90. The second-order valence-corrected chi connectivity index (χ2v) is 5.54. The minimum Gasteiger partial charge on any atom is -0.406 e. The Kier molecular flexibility index (Phi) is 3.39. The Bertz CT molecular complexity index is 634. The average molecular weight is 394 g/mol. The number of nitrogens with zero attached hydrogens (tertiary/aromatic N) is 2. The van der Waals surface area contributed by atoms with Gasteiger partial charge in [0.2, 0.25) is 0 Å². The van der Waals surface area contributed by atoms with Crippen LogP contribution < -0.4 is 4.74 Å². The van der Waals surface area contributed by atoms with Crippen LogP contribution in [0.5, 0.6) is 5.75 Å². The maximum Gasteiger partial charge on any atom is 0.573 e. The Morgan fingerprint density at radius 1 is 1.15 bits per heavy atom. The van der Waals surface area contributed by atoms with Crippen LogP contribution in [0.2, 0.25) is 0 Å². The average Bonchev–Trinajstić information content (AvgIpc) is 2.93. The first-order chi connectivity index (χ1) is 9.44. The number of rotatable bonds is 2. The van der Waals surface area contributed by atoms with E-state index < -0.39 is 6.36 Å². The molecule has 0 saturated carbocycles. The van der Waals surface area contributed by atoms with Crippen LogP contribution in [-0.4, -0.2) is 16.1 Å². The molecule has 0 aliphatic heterocycles. The number of aromatic nitrogens is 2. The summed E-state index contributed by atoms with van der Waals surface area (Å²) in [5, 5.41) is 4.45. The minimum atomic E-state index is -4.66. The van der Waals surface area contributed by atoms with Crippen molar-refractivity contribution in [3.05, 3.63) is 39.2 Å². The highest BCUT2D eigenvalue weighted by Gasteiger charge is 2.31. The lowest BCUT2D eigenvalue weighted by molar-refractivity contribution is -0.274. The van der Waals surface area contributed by atoms with Crippen LogP contribution in [0.25, 0.3) is 5.69 Å². The topological polar surface area (TPSA) is 27.1 Å². The smallest absolute Gasteiger partial charge is 0.406 e. The fourth-order valence-corrected chi connectivity index (χ4v) is 3.19. The summed E-state index contributed by atoms with van der Waals surface area (Å²) in [5.74, 6) is -0.222. The van der Waals surface area contributed by atoms with Crippen LogP contribution in [0.15, 0.2) is 24.3 Å². The van der Waals surface area contributed by atoms with E-state index >= 15 is 0 Å². The van der Waals surface area contributed by atoms with Crippen molar-refractivity contribution in [3.63, 3.8) is 0 Å². The highest BCUT2D eigenvalue weighted by atomic mass is 127. The molecule has 3 nitrogen and oxygen atoms in total. The maximum absolute atomic E-state index is 12.1. The molecule has 3 rings (SSSR count). The summed E-state index contributed by atoms with van der Waals surface area (Å²) in [6, 6.07) is 5.78. The molecule has 7 heteroatoms. The monoisotopic (exact) mass is 394 g/mol. The largest absolute Gasteiger partial charge is 0.573 e. The van der Waals surface area contributed by atoms with Crippen molar-refractivity contribution >= 4 is 22.6 Å². The van der Waals surface area contributed by atoms with E-state index in [2.05, 4.69) is 32.4 Å².